The van der Waals surface area contributed by atoms with E-state index in [4.69, 9.17) is 9.47 Å². The van der Waals surface area contributed by atoms with Gasteiger partial charge < -0.3 is 19.7 Å². The molecular weight excluding hydrogens is 208 g/mol. The van der Waals surface area contributed by atoms with E-state index in [9.17, 15) is 4.79 Å². The van der Waals surface area contributed by atoms with E-state index in [1.165, 1.54) is 0 Å². The lowest BCUT2D eigenvalue weighted by Gasteiger charge is -2.22. The molecule has 2 aliphatic heterocycles. The molecule has 0 saturated carbocycles. The molecule has 2 atom stereocenters. The maximum absolute atomic E-state index is 11.7. The third-order valence-electron chi connectivity index (χ3n) is 3.12. The van der Waals surface area contributed by atoms with E-state index < -0.39 is 5.60 Å². The van der Waals surface area contributed by atoms with Gasteiger partial charge in [-0.3, -0.25) is 0 Å². The van der Waals surface area contributed by atoms with Crippen LogP contribution in [-0.2, 0) is 9.47 Å². The van der Waals surface area contributed by atoms with Crippen molar-refractivity contribution in [1.82, 2.24) is 10.2 Å². The molecule has 1 N–H and O–H groups in total. The second kappa shape index (κ2) is 4.59. The maximum Gasteiger partial charge on any atom is 0.410 e. The second-order valence-corrected chi connectivity index (χ2v) is 4.86. The number of cyclic esters (lactones) is 1. The molecule has 2 aliphatic rings. The zero-order valence-electron chi connectivity index (χ0n) is 9.99. The van der Waals surface area contributed by atoms with Crippen molar-refractivity contribution in [2.24, 2.45) is 0 Å². The van der Waals surface area contributed by atoms with E-state index in [1.54, 1.807) is 4.90 Å². The molecule has 2 heterocycles. The minimum absolute atomic E-state index is 0.199. The second-order valence-electron chi connectivity index (χ2n) is 4.86. The predicted molar refractivity (Wildman–Crippen MR) is 59.4 cm³/mol. The van der Waals surface area contributed by atoms with Gasteiger partial charge in [-0.2, -0.15) is 0 Å². The van der Waals surface area contributed by atoms with Crippen molar-refractivity contribution in [1.29, 1.82) is 0 Å². The molecule has 2 unspecified atom stereocenters. The summed E-state index contributed by atoms with van der Waals surface area (Å²) in [6.07, 6.45) is 2.13. The smallest absolute Gasteiger partial charge is 0.410 e. The number of likely N-dealkylation sites (N-methyl/N-ethyl adjacent to an activating group) is 1. The van der Waals surface area contributed by atoms with Gasteiger partial charge in [-0.05, 0) is 26.8 Å². The van der Waals surface area contributed by atoms with Crippen LogP contribution < -0.4 is 5.32 Å². The predicted octanol–water partition coefficient (Wildman–Crippen LogP) is 0.596. The average Bonchev–Trinajstić information content (AvgIpc) is 2.77. The summed E-state index contributed by atoms with van der Waals surface area (Å²) < 4.78 is 10.9. The molecule has 2 rings (SSSR count). The van der Waals surface area contributed by atoms with Crippen LogP contribution in [0.25, 0.3) is 0 Å². The standard InChI is InChI=1S/C11H20N2O3/c1-11(7-12-2)8-13(10(14)16-11)6-9-4-3-5-15-9/h9,12H,3-8H2,1-2H3. The first-order chi connectivity index (χ1) is 7.63. The highest BCUT2D eigenvalue weighted by atomic mass is 16.6. The van der Waals surface area contributed by atoms with Gasteiger partial charge in [0.1, 0.15) is 5.60 Å². The van der Waals surface area contributed by atoms with Gasteiger partial charge in [-0.1, -0.05) is 0 Å². The first-order valence-corrected chi connectivity index (χ1v) is 5.87. The fraction of sp³-hybridized carbons (Fsp3) is 0.909. The molecule has 0 bridgehead atoms. The Balaban J connectivity index is 1.88. The molecule has 0 radical (unpaired) electrons. The summed E-state index contributed by atoms with van der Waals surface area (Å²) in [7, 11) is 1.86. The minimum Gasteiger partial charge on any atom is -0.440 e. The van der Waals surface area contributed by atoms with E-state index in [1.807, 2.05) is 14.0 Å². The van der Waals surface area contributed by atoms with Crippen molar-refractivity contribution >= 4 is 6.09 Å². The van der Waals surface area contributed by atoms with Crippen LogP contribution in [0.1, 0.15) is 19.8 Å². The monoisotopic (exact) mass is 228 g/mol. The number of nitrogens with one attached hydrogen (secondary N) is 1. The first kappa shape index (κ1) is 11.7. The van der Waals surface area contributed by atoms with Crippen molar-refractivity contribution < 1.29 is 14.3 Å². The molecule has 0 aliphatic carbocycles. The van der Waals surface area contributed by atoms with Crippen molar-refractivity contribution in [2.45, 2.75) is 31.5 Å². The quantitative estimate of drug-likeness (QED) is 0.765. The zero-order chi connectivity index (χ0) is 11.6. The highest BCUT2D eigenvalue weighted by Gasteiger charge is 2.41. The molecule has 0 aromatic carbocycles. The van der Waals surface area contributed by atoms with E-state index in [2.05, 4.69) is 5.32 Å². The molecule has 0 aromatic rings. The Kier molecular flexibility index (Phi) is 3.35. The number of nitrogens with zero attached hydrogens (tertiary/aromatic N) is 1. The number of rotatable bonds is 4. The molecular formula is C11H20N2O3. The lowest BCUT2D eigenvalue weighted by atomic mass is 10.1. The van der Waals surface area contributed by atoms with Crippen molar-refractivity contribution in [3.63, 3.8) is 0 Å². The van der Waals surface area contributed by atoms with E-state index in [0.717, 1.165) is 19.4 Å². The normalized spacial score (nSPS) is 34.5. The number of hydrogen-bond acceptors (Lipinski definition) is 4. The number of carbonyl (C=O) groups excluding carboxylic acids is 1. The van der Waals surface area contributed by atoms with Gasteiger partial charge in [-0.15, -0.1) is 0 Å². The fourth-order valence-electron chi connectivity index (χ4n) is 2.42. The SMILES string of the molecule is CNCC1(C)CN(CC2CCCO2)C(=O)O1. The largest absolute Gasteiger partial charge is 0.440 e. The van der Waals surface area contributed by atoms with E-state index in [0.29, 0.717) is 19.6 Å². The highest BCUT2D eigenvalue weighted by molar-refractivity contribution is 5.70. The highest BCUT2D eigenvalue weighted by Crippen LogP contribution is 2.24. The summed E-state index contributed by atoms with van der Waals surface area (Å²) in [6, 6.07) is 0. The van der Waals surface area contributed by atoms with Crippen LogP contribution in [0.15, 0.2) is 0 Å². The van der Waals surface area contributed by atoms with Gasteiger partial charge in [0.2, 0.25) is 0 Å². The molecule has 2 fully saturated rings. The Morgan fingerprint density at radius 3 is 3.06 bits per heavy atom. The summed E-state index contributed by atoms with van der Waals surface area (Å²) in [6.45, 7) is 4.77. The minimum atomic E-state index is -0.398. The topological polar surface area (TPSA) is 50.8 Å². The number of carbonyl (C=O) groups is 1. The molecule has 0 spiro atoms. The van der Waals surface area contributed by atoms with Gasteiger partial charge in [0, 0.05) is 13.2 Å². The Morgan fingerprint density at radius 2 is 2.44 bits per heavy atom. The number of ether oxygens (including phenoxy) is 2. The third-order valence-corrected chi connectivity index (χ3v) is 3.12. The summed E-state index contributed by atoms with van der Waals surface area (Å²) in [5.41, 5.74) is -0.398. The molecule has 5 nitrogen and oxygen atoms in total. The van der Waals surface area contributed by atoms with Crippen LogP contribution in [0.3, 0.4) is 0 Å². The molecule has 16 heavy (non-hydrogen) atoms. The van der Waals surface area contributed by atoms with Crippen LogP contribution in [-0.4, -0.2) is 56.0 Å². The van der Waals surface area contributed by atoms with Crippen LogP contribution >= 0.6 is 0 Å². The van der Waals surface area contributed by atoms with Crippen LogP contribution in [0.5, 0.6) is 0 Å². The summed E-state index contributed by atoms with van der Waals surface area (Å²) >= 11 is 0. The van der Waals surface area contributed by atoms with Crippen LogP contribution in [0, 0.1) is 0 Å². The first-order valence-electron chi connectivity index (χ1n) is 5.87. The lowest BCUT2D eigenvalue weighted by Crippen LogP contribution is -2.41. The Labute approximate surface area is 96.1 Å². The summed E-state index contributed by atoms with van der Waals surface area (Å²) in [5.74, 6) is 0. The summed E-state index contributed by atoms with van der Waals surface area (Å²) in [4.78, 5) is 13.4. The molecule has 0 aromatic heterocycles. The average molecular weight is 228 g/mol. The molecule has 5 heteroatoms. The third kappa shape index (κ3) is 2.47. The van der Waals surface area contributed by atoms with Gasteiger partial charge in [0.25, 0.3) is 0 Å². The van der Waals surface area contributed by atoms with Crippen molar-refractivity contribution in [3.05, 3.63) is 0 Å². The molecule has 1 amide bonds. The van der Waals surface area contributed by atoms with E-state index in [-0.39, 0.29) is 12.2 Å². The Bertz CT molecular complexity index is 266. The van der Waals surface area contributed by atoms with Gasteiger partial charge in [-0.25, -0.2) is 4.79 Å². The summed E-state index contributed by atoms with van der Waals surface area (Å²) in [5, 5.41) is 3.05. The number of amides is 1. The molecule has 2 saturated heterocycles. The zero-order valence-corrected chi connectivity index (χ0v) is 9.99. The maximum atomic E-state index is 11.7. The van der Waals surface area contributed by atoms with E-state index >= 15 is 0 Å². The van der Waals surface area contributed by atoms with Crippen LogP contribution in [0.4, 0.5) is 4.79 Å². The number of hydrogen-bond donors (Lipinski definition) is 1. The van der Waals surface area contributed by atoms with Gasteiger partial charge >= 0.3 is 6.09 Å². The Morgan fingerprint density at radius 1 is 1.62 bits per heavy atom. The van der Waals surface area contributed by atoms with Gasteiger partial charge in [0.15, 0.2) is 0 Å². The van der Waals surface area contributed by atoms with Crippen molar-refractivity contribution in [2.75, 3.05) is 33.3 Å². The lowest BCUT2D eigenvalue weighted by molar-refractivity contribution is 0.0710. The van der Waals surface area contributed by atoms with Crippen LogP contribution in [0.2, 0.25) is 0 Å². The fourth-order valence-corrected chi connectivity index (χ4v) is 2.42. The Hall–Kier alpha value is -0.810. The molecule has 92 valence electrons. The van der Waals surface area contributed by atoms with Crippen molar-refractivity contribution in [3.8, 4) is 0 Å². The van der Waals surface area contributed by atoms with Gasteiger partial charge in [0.05, 0.1) is 19.2 Å².